The predicted octanol–water partition coefficient (Wildman–Crippen LogP) is 1.72. The lowest BCUT2D eigenvalue weighted by atomic mass is 9.80. The van der Waals surface area contributed by atoms with Crippen LogP contribution >= 0.6 is 0 Å². The van der Waals surface area contributed by atoms with Crippen LogP contribution in [0.15, 0.2) is 12.2 Å². The van der Waals surface area contributed by atoms with Crippen LogP contribution in [-0.4, -0.2) is 35.9 Å². The van der Waals surface area contributed by atoms with Crippen molar-refractivity contribution < 1.29 is 13.2 Å². The Hall–Kier alpha value is -0.840. The Morgan fingerprint density at radius 3 is 2.63 bits per heavy atom. The summed E-state index contributed by atoms with van der Waals surface area (Å²) in [7, 11) is -3.24. The van der Waals surface area contributed by atoms with Crippen LogP contribution in [0.2, 0.25) is 0 Å². The maximum atomic E-state index is 12.7. The summed E-state index contributed by atoms with van der Waals surface area (Å²) in [4.78, 5) is 13.7. The number of rotatable bonds is 1. The lowest BCUT2D eigenvalue weighted by Crippen LogP contribution is -2.50. The van der Waals surface area contributed by atoms with Gasteiger partial charge in [-0.1, -0.05) is 19.9 Å². The van der Waals surface area contributed by atoms with Crippen molar-refractivity contribution in [2.45, 2.75) is 50.8 Å². The Labute approximate surface area is 114 Å². The topological polar surface area (TPSA) is 54.5 Å². The monoisotopic (exact) mass is 283 g/mol. The normalized spacial score (nSPS) is 41.9. The van der Waals surface area contributed by atoms with E-state index in [4.69, 9.17) is 0 Å². The van der Waals surface area contributed by atoms with Gasteiger partial charge < -0.3 is 4.90 Å². The van der Waals surface area contributed by atoms with Gasteiger partial charge in [0.25, 0.3) is 0 Å². The molecule has 3 fully saturated rings. The lowest BCUT2D eigenvalue weighted by Gasteiger charge is -2.36. The zero-order chi connectivity index (χ0) is 14.1. The Kier molecular flexibility index (Phi) is 2.51. The van der Waals surface area contributed by atoms with Crippen LogP contribution in [-0.2, 0) is 14.6 Å². The van der Waals surface area contributed by atoms with E-state index in [1.54, 1.807) is 17.9 Å². The van der Waals surface area contributed by atoms with E-state index >= 15 is 0 Å². The van der Waals surface area contributed by atoms with Crippen molar-refractivity contribution in [1.82, 2.24) is 4.90 Å². The van der Waals surface area contributed by atoms with Gasteiger partial charge in [-0.25, -0.2) is 8.42 Å². The average Bonchev–Trinajstić information content (AvgIpc) is 2.82. The van der Waals surface area contributed by atoms with Crippen LogP contribution < -0.4 is 0 Å². The standard InChI is InChI=1S/C14H21NO3S/c1-4-5-12(16)15-9-19(17,18)14-7-6-10(8-11(14)15)13(14,2)3/h4-5,10-11H,6-9H2,1-3H3/b5-4+/t10-,11+,14-/m0/s1. The molecule has 0 N–H and O–H groups in total. The quantitative estimate of drug-likeness (QED) is 0.689. The van der Waals surface area contributed by atoms with Gasteiger partial charge in [-0.15, -0.1) is 0 Å². The van der Waals surface area contributed by atoms with Crippen molar-refractivity contribution in [3.63, 3.8) is 0 Å². The maximum Gasteiger partial charge on any atom is 0.247 e. The van der Waals surface area contributed by atoms with E-state index in [1.165, 1.54) is 6.08 Å². The van der Waals surface area contributed by atoms with E-state index in [2.05, 4.69) is 13.8 Å². The van der Waals surface area contributed by atoms with Gasteiger partial charge in [0.1, 0.15) is 5.88 Å². The maximum absolute atomic E-state index is 12.7. The van der Waals surface area contributed by atoms with Gasteiger partial charge in [-0.2, -0.15) is 0 Å². The highest BCUT2D eigenvalue weighted by molar-refractivity contribution is 7.93. The van der Waals surface area contributed by atoms with Gasteiger partial charge in [0.2, 0.25) is 5.91 Å². The highest BCUT2D eigenvalue weighted by Gasteiger charge is 2.75. The first-order valence-electron chi connectivity index (χ1n) is 6.93. The molecule has 1 amide bonds. The smallest absolute Gasteiger partial charge is 0.247 e. The van der Waals surface area contributed by atoms with Crippen LogP contribution in [0.1, 0.15) is 40.0 Å². The summed E-state index contributed by atoms with van der Waals surface area (Å²) < 4.78 is 24.8. The highest BCUT2D eigenvalue weighted by Crippen LogP contribution is 2.67. The molecule has 3 atom stereocenters. The fraction of sp³-hybridized carbons (Fsp3) is 0.786. The van der Waals surface area contributed by atoms with Crippen LogP contribution in [0.4, 0.5) is 0 Å². The molecule has 1 spiro atoms. The summed E-state index contributed by atoms with van der Waals surface area (Å²) in [6, 6.07) is -0.116. The van der Waals surface area contributed by atoms with E-state index in [0.29, 0.717) is 5.92 Å². The molecule has 0 radical (unpaired) electrons. The Morgan fingerprint density at radius 2 is 2.05 bits per heavy atom. The number of fused-ring (bicyclic) bond motifs is 1. The van der Waals surface area contributed by atoms with E-state index in [0.717, 1.165) is 19.3 Å². The zero-order valence-corrected chi connectivity index (χ0v) is 12.5. The molecule has 19 heavy (non-hydrogen) atoms. The number of carbonyl (C=O) groups is 1. The molecular weight excluding hydrogens is 262 g/mol. The number of carbonyl (C=O) groups excluding carboxylic acids is 1. The summed E-state index contributed by atoms with van der Waals surface area (Å²) in [5.74, 6) is 0.168. The number of nitrogens with zero attached hydrogens (tertiary/aromatic N) is 1. The molecule has 0 aromatic heterocycles. The minimum Gasteiger partial charge on any atom is -0.320 e. The molecule has 0 aromatic rings. The Bertz CT molecular complexity index is 563. The molecule has 4 nitrogen and oxygen atoms in total. The van der Waals surface area contributed by atoms with E-state index in [9.17, 15) is 13.2 Å². The van der Waals surface area contributed by atoms with Crippen molar-refractivity contribution in [2.24, 2.45) is 11.3 Å². The van der Waals surface area contributed by atoms with E-state index < -0.39 is 14.6 Å². The fourth-order valence-corrected chi connectivity index (χ4v) is 7.81. The van der Waals surface area contributed by atoms with Crippen LogP contribution in [0.25, 0.3) is 0 Å². The molecule has 1 saturated heterocycles. The Balaban J connectivity index is 2.11. The van der Waals surface area contributed by atoms with Gasteiger partial charge in [-0.05, 0) is 43.6 Å². The summed E-state index contributed by atoms with van der Waals surface area (Å²) in [5.41, 5.74) is -0.207. The zero-order valence-electron chi connectivity index (χ0n) is 11.7. The minimum absolute atomic E-state index is 0.100. The Morgan fingerprint density at radius 1 is 1.37 bits per heavy atom. The molecule has 106 valence electrons. The third-order valence-electron chi connectivity index (χ3n) is 5.85. The van der Waals surface area contributed by atoms with E-state index in [-0.39, 0.29) is 23.2 Å². The predicted molar refractivity (Wildman–Crippen MR) is 73.1 cm³/mol. The van der Waals surface area contributed by atoms with Crippen molar-refractivity contribution in [3.05, 3.63) is 12.2 Å². The summed E-state index contributed by atoms with van der Waals surface area (Å²) in [5, 5.41) is 0. The van der Waals surface area contributed by atoms with Crippen molar-refractivity contribution >= 4 is 15.7 Å². The molecule has 2 bridgehead atoms. The third kappa shape index (κ3) is 1.30. The molecule has 2 aliphatic carbocycles. The molecule has 1 aliphatic heterocycles. The molecular formula is C14H21NO3S. The summed E-state index contributed by atoms with van der Waals surface area (Å²) in [6.45, 7) is 5.93. The first-order valence-corrected chi connectivity index (χ1v) is 8.59. The second-order valence-corrected chi connectivity index (χ2v) is 8.87. The number of hydrogen-bond acceptors (Lipinski definition) is 3. The second-order valence-electron chi connectivity index (χ2n) is 6.65. The lowest BCUT2D eigenvalue weighted by molar-refractivity contribution is -0.127. The van der Waals surface area contributed by atoms with Gasteiger partial charge in [0.15, 0.2) is 9.84 Å². The molecule has 1 heterocycles. The van der Waals surface area contributed by atoms with Gasteiger partial charge >= 0.3 is 0 Å². The molecule has 0 unspecified atom stereocenters. The van der Waals surface area contributed by atoms with Crippen LogP contribution in [0, 0.1) is 11.3 Å². The SMILES string of the molecule is C/C=C/C(=O)N1CS(=O)(=O)[C@@]23CC[C@@H](C[C@@H]12)C3(C)C. The number of amides is 1. The number of allylic oxidation sites excluding steroid dienone is 1. The van der Waals surface area contributed by atoms with Crippen molar-refractivity contribution in [3.8, 4) is 0 Å². The van der Waals surface area contributed by atoms with Crippen molar-refractivity contribution in [2.75, 3.05) is 5.88 Å². The summed E-state index contributed by atoms with van der Waals surface area (Å²) in [6.07, 6.45) is 5.70. The van der Waals surface area contributed by atoms with Gasteiger partial charge in [0, 0.05) is 0 Å². The first kappa shape index (κ1) is 13.2. The average molecular weight is 283 g/mol. The molecule has 2 saturated carbocycles. The highest BCUT2D eigenvalue weighted by atomic mass is 32.2. The molecule has 0 aromatic carbocycles. The molecule has 3 rings (SSSR count). The third-order valence-corrected chi connectivity index (χ3v) is 8.58. The van der Waals surface area contributed by atoms with Crippen molar-refractivity contribution in [1.29, 1.82) is 0 Å². The van der Waals surface area contributed by atoms with Crippen LogP contribution in [0.3, 0.4) is 0 Å². The van der Waals surface area contributed by atoms with Gasteiger partial charge in [0.05, 0.1) is 10.8 Å². The summed E-state index contributed by atoms with van der Waals surface area (Å²) >= 11 is 0. The molecule has 5 heteroatoms. The second kappa shape index (κ2) is 3.62. The number of hydrogen-bond donors (Lipinski definition) is 0. The van der Waals surface area contributed by atoms with Crippen LogP contribution in [0.5, 0.6) is 0 Å². The first-order chi connectivity index (χ1) is 8.78. The minimum atomic E-state index is -3.24. The largest absolute Gasteiger partial charge is 0.320 e. The van der Waals surface area contributed by atoms with E-state index in [1.807, 2.05) is 0 Å². The molecule has 3 aliphatic rings. The fourth-order valence-electron chi connectivity index (χ4n) is 4.87. The number of sulfone groups is 1. The van der Waals surface area contributed by atoms with Gasteiger partial charge in [-0.3, -0.25) is 4.79 Å².